The highest BCUT2D eigenvalue weighted by molar-refractivity contribution is 5.96. The van der Waals surface area contributed by atoms with E-state index in [-0.39, 0.29) is 19.0 Å². The average molecular weight is 390 g/mol. The van der Waals surface area contributed by atoms with Gasteiger partial charge in [0.25, 0.3) is 0 Å². The van der Waals surface area contributed by atoms with Crippen LogP contribution in [0, 0.1) is 0 Å². The third kappa shape index (κ3) is 5.45. The van der Waals surface area contributed by atoms with Gasteiger partial charge in [-0.1, -0.05) is 30.3 Å². The van der Waals surface area contributed by atoms with Crippen LogP contribution in [0.1, 0.15) is 22.8 Å². The number of esters is 1. The van der Waals surface area contributed by atoms with Gasteiger partial charge in [0.05, 0.1) is 12.7 Å². The molecule has 0 fully saturated rings. The maximum Gasteiger partial charge on any atom is 0.330 e. The van der Waals surface area contributed by atoms with Gasteiger partial charge in [-0.25, -0.2) is 4.79 Å². The number of Topliss-reactive ketones (excluding diaryl/α,β-unsaturated/α-hetero) is 1. The Hall–Kier alpha value is -3.60. The summed E-state index contributed by atoms with van der Waals surface area (Å²) in [5, 5.41) is 2.12. The van der Waals surface area contributed by atoms with Crippen molar-refractivity contribution in [1.82, 2.24) is 0 Å². The number of carbonyl (C=O) groups excluding carboxylic acids is 2. The van der Waals surface area contributed by atoms with E-state index in [0.29, 0.717) is 11.3 Å². The number of fused-ring (bicyclic) bond motifs is 1. The quantitative estimate of drug-likeness (QED) is 0.242. The molecule has 3 aromatic rings. The van der Waals surface area contributed by atoms with E-state index in [2.05, 4.69) is 0 Å². The van der Waals surface area contributed by atoms with Gasteiger partial charge in [0, 0.05) is 6.08 Å². The molecule has 0 atom stereocenters. The first kappa shape index (κ1) is 20.1. The zero-order valence-corrected chi connectivity index (χ0v) is 16.4. The Labute approximate surface area is 169 Å². The van der Waals surface area contributed by atoms with E-state index in [1.165, 1.54) is 13.0 Å². The monoisotopic (exact) mass is 390 g/mol. The molecule has 0 heterocycles. The zero-order valence-electron chi connectivity index (χ0n) is 16.4. The lowest BCUT2D eigenvalue weighted by atomic mass is 10.1. The highest BCUT2D eigenvalue weighted by atomic mass is 16.6. The second-order valence-corrected chi connectivity index (χ2v) is 6.37. The molecule has 0 unspecified atom stereocenters. The van der Waals surface area contributed by atoms with Crippen LogP contribution >= 0.6 is 0 Å². The Kier molecular flexibility index (Phi) is 6.63. The van der Waals surface area contributed by atoms with Crippen molar-refractivity contribution in [3.63, 3.8) is 0 Å². The summed E-state index contributed by atoms with van der Waals surface area (Å²) >= 11 is 0. The fourth-order valence-electron chi connectivity index (χ4n) is 2.86. The van der Waals surface area contributed by atoms with Gasteiger partial charge < -0.3 is 14.2 Å². The van der Waals surface area contributed by atoms with Gasteiger partial charge in [-0.2, -0.15) is 0 Å². The first-order chi connectivity index (χ1) is 14.1. The SMILES string of the molecule is COc1ccc2cc(/C=C/C(=O)OCCOc3ccccc3C(C)=O)ccc2c1. The van der Waals surface area contributed by atoms with Crippen molar-refractivity contribution in [2.24, 2.45) is 0 Å². The van der Waals surface area contributed by atoms with Crippen LogP contribution in [0.3, 0.4) is 0 Å². The van der Waals surface area contributed by atoms with Gasteiger partial charge in [-0.15, -0.1) is 0 Å². The Morgan fingerprint density at radius 2 is 1.69 bits per heavy atom. The first-order valence-electron chi connectivity index (χ1n) is 9.22. The number of hydrogen-bond donors (Lipinski definition) is 0. The number of ether oxygens (including phenoxy) is 3. The molecule has 0 amide bonds. The van der Waals surface area contributed by atoms with Crippen molar-refractivity contribution >= 4 is 28.6 Å². The molecule has 0 aromatic heterocycles. The molecule has 5 heteroatoms. The minimum atomic E-state index is -0.455. The van der Waals surface area contributed by atoms with Crippen molar-refractivity contribution in [3.8, 4) is 11.5 Å². The molecule has 0 N–H and O–H groups in total. The number of carbonyl (C=O) groups is 2. The van der Waals surface area contributed by atoms with Crippen LogP contribution in [0.15, 0.2) is 66.7 Å². The smallest absolute Gasteiger partial charge is 0.330 e. The third-order valence-corrected chi connectivity index (χ3v) is 4.33. The van der Waals surface area contributed by atoms with E-state index in [0.717, 1.165) is 22.1 Å². The summed E-state index contributed by atoms with van der Waals surface area (Å²) < 4.78 is 15.9. The summed E-state index contributed by atoms with van der Waals surface area (Å²) in [6.07, 6.45) is 3.09. The fourth-order valence-corrected chi connectivity index (χ4v) is 2.86. The number of rotatable bonds is 8. The molecule has 29 heavy (non-hydrogen) atoms. The Morgan fingerprint density at radius 3 is 2.48 bits per heavy atom. The molecule has 5 nitrogen and oxygen atoms in total. The highest BCUT2D eigenvalue weighted by Crippen LogP contribution is 2.22. The number of methoxy groups -OCH3 is 1. The van der Waals surface area contributed by atoms with Crippen molar-refractivity contribution in [1.29, 1.82) is 0 Å². The third-order valence-electron chi connectivity index (χ3n) is 4.33. The molecule has 0 saturated carbocycles. The van der Waals surface area contributed by atoms with E-state index in [9.17, 15) is 9.59 Å². The summed E-state index contributed by atoms with van der Waals surface area (Å²) in [6, 6.07) is 18.7. The van der Waals surface area contributed by atoms with Gasteiger partial charge in [0.2, 0.25) is 0 Å². The minimum absolute atomic E-state index is 0.0747. The van der Waals surface area contributed by atoms with Gasteiger partial charge in [-0.05, 0) is 59.7 Å². The molecule has 0 spiro atoms. The molecule has 148 valence electrons. The maximum atomic E-state index is 11.9. The zero-order chi connectivity index (χ0) is 20.6. The van der Waals surface area contributed by atoms with E-state index < -0.39 is 5.97 Å². The summed E-state index contributed by atoms with van der Waals surface area (Å²) in [4.78, 5) is 23.5. The predicted octanol–water partition coefficient (Wildman–Crippen LogP) is 4.69. The number of ketones is 1. The average Bonchev–Trinajstić information content (AvgIpc) is 2.75. The second kappa shape index (κ2) is 9.55. The van der Waals surface area contributed by atoms with E-state index in [1.54, 1.807) is 37.5 Å². The molecule has 3 aromatic carbocycles. The molecule has 0 aliphatic rings. The van der Waals surface area contributed by atoms with Crippen LogP contribution < -0.4 is 9.47 Å². The van der Waals surface area contributed by atoms with Gasteiger partial charge in [-0.3, -0.25) is 4.79 Å². The fraction of sp³-hybridized carbons (Fsp3) is 0.167. The van der Waals surface area contributed by atoms with E-state index in [1.807, 2.05) is 36.4 Å². The molecule has 0 aliphatic carbocycles. The topological polar surface area (TPSA) is 61.8 Å². The van der Waals surface area contributed by atoms with Crippen LogP contribution in [0.25, 0.3) is 16.8 Å². The molecule has 3 rings (SSSR count). The van der Waals surface area contributed by atoms with Crippen LogP contribution in [0.4, 0.5) is 0 Å². The normalized spacial score (nSPS) is 10.8. The van der Waals surface area contributed by atoms with Crippen molar-refractivity contribution in [2.45, 2.75) is 6.92 Å². The second-order valence-electron chi connectivity index (χ2n) is 6.37. The highest BCUT2D eigenvalue weighted by Gasteiger charge is 2.07. The number of benzene rings is 3. The van der Waals surface area contributed by atoms with Gasteiger partial charge in [0.1, 0.15) is 24.7 Å². The van der Waals surface area contributed by atoms with Crippen LogP contribution in [-0.4, -0.2) is 32.1 Å². The Balaban J connectivity index is 1.51. The lowest BCUT2D eigenvalue weighted by molar-refractivity contribution is -0.138. The minimum Gasteiger partial charge on any atom is -0.497 e. The van der Waals surface area contributed by atoms with E-state index >= 15 is 0 Å². The van der Waals surface area contributed by atoms with Crippen LogP contribution in [-0.2, 0) is 9.53 Å². The maximum absolute atomic E-state index is 11.9. The standard InChI is InChI=1S/C24H22O5/c1-17(25)22-5-3-4-6-23(22)28-13-14-29-24(26)12-8-18-7-9-20-16-21(27-2)11-10-19(20)15-18/h3-12,15-16H,13-14H2,1-2H3/b12-8+. The van der Waals surface area contributed by atoms with Gasteiger partial charge in [0.15, 0.2) is 5.78 Å². The van der Waals surface area contributed by atoms with Crippen LogP contribution in [0.5, 0.6) is 11.5 Å². The van der Waals surface area contributed by atoms with Crippen molar-refractivity contribution in [2.75, 3.05) is 20.3 Å². The molecule has 0 saturated heterocycles. The summed E-state index contributed by atoms with van der Waals surface area (Å²) in [7, 11) is 1.64. The van der Waals surface area contributed by atoms with Crippen LogP contribution in [0.2, 0.25) is 0 Å². The van der Waals surface area contributed by atoms with Gasteiger partial charge >= 0.3 is 5.97 Å². The lowest BCUT2D eigenvalue weighted by Gasteiger charge is -2.09. The predicted molar refractivity (Wildman–Crippen MR) is 112 cm³/mol. The largest absolute Gasteiger partial charge is 0.497 e. The Morgan fingerprint density at radius 1 is 0.931 bits per heavy atom. The van der Waals surface area contributed by atoms with E-state index in [4.69, 9.17) is 14.2 Å². The Bertz CT molecular complexity index is 1050. The molecule has 0 bridgehead atoms. The summed E-state index contributed by atoms with van der Waals surface area (Å²) in [6.45, 7) is 1.74. The summed E-state index contributed by atoms with van der Waals surface area (Å²) in [5.41, 5.74) is 1.40. The number of para-hydroxylation sites is 1. The molecular weight excluding hydrogens is 368 g/mol. The molecule has 0 radical (unpaired) electrons. The molecule has 0 aliphatic heterocycles. The van der Waals surface area contributed by atoms with Crippen molar-refractivity contribution < 1.29 is 23.8 Å². The lowest BCUT2D eigenvalue weighted by Crippen LogP contribution is -2.11. The van der Waals surface area contributed by atoms with Crippen molar-refractivity contribution in [3.05, 3.63) is 77.9 Å². The molecular formula is C24H22O5. The summed E-state index contributed by atoms with van der Waals surface area (Å²) in [5.74, 6) is 0.759. The number of hydrogen-bond acceptors (Lipinski definition) is 5. The first-order valence-corrected chi connectivity index (χ1v) is 9.22.